The Morgan fingerprint density at radius 3 is 3.07 bits per heavy atom. The lowest BCUT2D eigenvalue weighted by Gasteiger charge is -2.34. The average Bonchev–Trinajstić information content (AvgIpc) is 2.74. The standard InChI is InChI=1S/C9H15N3O2S/c1-6-8(13)10-2-3-12(6)9(14)7-4-15-5-11-7/h6-7,11H,2-5H2,1H3,(H,10,13). The smallest absolute Gasteiger partial charge is 0.242 e. The van der Waals surface area contributed by atoms with E-state index in [0.29, 0.717) is 13.1 Å². The van der Waals surface area contributed by atoms with E-state index < -0.39 is 0 Å². The summed E-state index contributed by atoms with van der Waals surface area (Å²) in [6, 6.07) is -0.443. The van der Waals surface area contributed by atoms with Crippen LogP contribution in [0.15, 0.2) is 0 Å². The lowest BCUT2D eigenvalue weighted by Crippen LogP contribution is -2.59. The molecule has 0 aromatic rings. The molecule has 0 bridgehead atoms. The maximum Gasteiger partial charge on any atom is 0.242 e. The first-order valence-electron chi connectivity index (χ1n) is 5.09. The van der Waals surface area contributed by atoms with Gasteiger partial charge in [0.2, 0.25) is 11.8 Å². The van der Waals surface area contributed by atoms with Crippen LogP contribution in [0, 0.1) is 0 Å². The number of thioether (sulfide) groups is 1. The molecule has 2 N–H and O–H groups in total. The van der Waals surface area contributed by atoms with E-state index in [2.05, 4.69) is 10.6 Å². The van der Waals surface area contributed by atoms with Crippen LogP contribution in [0.3, 0.4) is 0 Å². The van der Waals surface area contributed by atoms with Gasteiger partial charge in [-0.05, 0) is 6.92 Å². The molecule has 0 aromatic heterocycles. The first-order valence-corrected chi connectivity index (χ1v) is 6.25. The van der Waals surface area contributed by atoms with E-state index in [4.69, 9.17) is 0 Å². The molecule has 2 fully saturated rings. The molecule has 2 aliphatic heterocycles. The Morgan fingerprint density at radius 1 is 1.60 bits per heavy atom. The second-order valence-corrected chi connectivity index (χ2v) is 4.80. The fourth-order valence-electron chi connectivity index (χ4n) is 1.84. The van der Waals surface area contributed by atoms with Gasteiger partial charge in [0, 0.05) is 24.7 Å². The molecule has 0 aliphatic carbocycles. The van der Waals surface area contributed by atoms with Crippen LogP contribution in [0.1, 0.15) is 6.92 Å². The van der Waals surface area contributed by atoms with Gasteiger partial charge in [0.1, 0.15) is 6.04 Å². The summed E-state index contributed by atoms with van der Waals surface area (Å²) in [6.07, 6.45) is 0. The summed E-state index contributed by atoms with van der Waals surface area (Å²) >= 11 is 1.72. The summed E-state index contributed by atoms with van der Waals surface area (Å²) in [5.41, 5.74) is 0. The third kappa shape index (κ3) is 2.10. The highest BCUT2D eigenvalue weighted by molar-refractivity contribution is 7.99. The van der Waals surface area contributed by atoms with Crippen molar-refractivity contribution in [1.82, 2.24) is 15.5 Å². The summed E-state index contributed by atoms with van der Waals surface area (Å²) in [5, 5.41) is 5.88. The van der Waals surface area contributed by atoms with Crippen molar-refractivity contribution in [3.63, 3.8) is 0 Å². The Balaban J connectivity index is 2.01. The summed E-state index contributed by atoms with van der Waals surface area (Å²) < 4.78 is 0. The van der Waals surface area contributed by atoms with Crippen molar-refractivity contribution in [3.05, 3.63) is 0 Å². The topological polar surface area (TPSA) is 61.4 Å². The zero-order valence-electron chi connectivity index (χ0n) is 8.66. The number of nitrogens with one attached hydrogen (secondary N) is 2. The average molecular weight is 229 g/mol. The van der Waals surface area contributed by atoms with Crippen LogP contribution in [0.25, 0.3) is 0 Å². The first-order chi connectivity index (χ1) is 7.20. The van der Waals surface area contributed by atoms with Gasteiger partial charge in [0.05, 0.1) is 6.04 Å². The zero-order chi connectivity index (χ0) is 10.8. The predicted molar refractivity (Wildman–Crippen MR) is 58.4 cm³/mol. The maximum atomic E-state index is 12.0. The Morgan fingerprint density at radius 2 is 2.40 bits per heavy atom. The van der Waals surface area contributed by atoms with Crippen LogP contribution in [-0.2, 0) is 9.59 Å². The van der Waals surface area contributed by atoms with Crippen molar-refractivity contribution >= 4 is 23.6 Å². The second kappa shape index (κ2) is 4.40. The molecule has 0 saturated carbocycles. The van der Waals surface area contributed by atoms with Crippen molar-refractivity contribution in [2.24, 2.45) is 0 Å². The van der Waals surface area contributed by atoms with Crippen molar-refractivity contribution in [1.29, 1.82) is 0 Å². The Kier molecular flexibility index (Phi) is 3.16. The van der Waals surface area contributed by atoms with Gasteiger partial charge in [-0.25, -0.2) is 0 Å². The lowest BCUT2D eigenvalue weighted by atomic mass is 10.1. The van der Waals surface area contributed by atoms with E-state index in [0.717, 1.165) is 11.6 Å². The molecule has 2 rings (SSSR count). The number of hydrogen-bond donors (Lipinski definition) is 2. The van der Waals surface area contributed by atoms with Crippen LogP contribution in [-0.4, -0.2) is 53.5 Å². The molecule has 2 heterocycles. The van der Waals surface area contributed by atoms with E-state index in [1.165, 1.54) is 0 Å². The van der Waals surface area contributed by atoms with Gasteiger partial charge in [-0.1, -0.05) is 0 Å². The van der Waals surface area contributed by atoms with Gasteiger partial charge in [-0.2, -0.15) is 0 Å². The number of amides is 2. The molecule has 2 saturated heterocycles. The SMILES string of the molecule is CC1C(=O)NCCN1C(=O)C1CSCN1. The number of nitrogens with zero attached hydrogens (tertiary/aromatic N) is 1. The molecular weight excluding hydrogens is 214 g/mol. The first kappa shape index (κ1) is 10.8. The fourth-order valence-corrected chi connectivity index (χ4v) is 2.77. The van der Waals surface area contributed by atoms with Crippen LogP contribution >= 0.6 is 11.8 Å². The van der Waals surface area contributed by atoms with Crippen molar-refractivity contribution < 1.29 is 9.59 Å². The molecule has 5 nitrogen and oxygen atoms in total. The highest BCUT2D eigenvalue weighted by Gasteiger charge is 2.34. The number of carbonyl (C=O) groups excluding carboxylic acids is 2. The molecule has 2 amide bonds. The van der Waals surface area contributed by atoms with Crippen LogP contribution in [0.5, 0.6) is 0 Å². The van der Waals surface area contributed by atoms with E-state index in [-0.39, 0.29) is 23.9 Å². The molecule has 6 heteroatoms. The molecule has 84 valence electrons. The van der Waals surface area contributed by atoms with Gasteiger partial charge < -0.3 is 10.2 Å². The second-order valence-electron chi connectivity index (χ2n) is 3.77. The maximum absolute atomic E-state index is 12.0. The van der Waals surface area contributed by atoms with Crippen molar-refractivity contribution in [3.8, 4) is 0 Å². The van der Waals surface area contributed by atoms with Crippen LogP contribution in [0.4, 0.5) is 0 Å². The third-order valence-corrected chi connectivity index (χ3v) is 3.74. The van der Waals surface area contributed by atoms with Gasteiger partial charge in [-0.3, -0.25) is 14.9 Å². The molecule has 0 radical (unpaired) electrons. The lowest BCUT2D eigenvalue weighted by molar-refractivity contribution is -0.143. The quantitative estimate of drug-likeness (QED) is 0.605. The molecule has 15 heavy (non-hydrogen) atoms. The Labute approximate surface area is 93.0 Å². The normalized spacial score (nSPS) is 31.5. The minimum Gasteiger partial charge on any atom is -0.353 e. The summed E-state index contributed by atoms with van der Waals surface area (Å²) in [5.74, 6) is 1.64. The minimum absolute atomic E-state index is 0.0553. The summed E-state index contributed by atoms with van der Waals surface area (Å²) in [7, 11) is 0. The van der Waals surface area contributed by atoms with Crippen molar-refractivity contribution in [2.45, 2.75) is 19.0 Å². The summed E-state index contributed by atoms with van der Waals surface area (Å²) in [4.78, 5) is 25.1. The van der Waals surface area contributed by atoms with E-state index >= 15 is 0 Å². The van der Waals surface area contributed by atoms with E-state index in [1.807, 2.05) is 0 Å². The Hall–Kier alpha value is -0.750. The van der Waals surface area contributed by atoms with Crippen LogP contribution < -0.4 is 10.6 Å². The fraction of sp³-hybridized carbons (Fsp3) is 0.778. The molecule has 2 aliphatic rings. The number of carbonyl (C=O) groups is 2. The molecule has 2 atom stereocenters. The predicted octanol–water partition coefficient (Wildman–Crippen LogP) is -1.00. The van der Waals surface area contributed by atoms with Crippen LogP contribution in [0.2, 0.25) is 0 Å². The van der Waals surface area contributed by atoms with Gasteiger partial charge >= 0.3 is 0 Å². The third-order valence-electron chi connectivity index (χ3n) is 2.80. The van der Waals surface area contributed by atoms with E-state index in [1.54, 1.807) is 23.6 Å². The summed E-state index contributed by atoms with van der Waals surface area (Å²) in [6.45, 7) is 2.96. The number of hydrogen-bond acceptors (Lipinski definition) is 4. The highest BCUT2D eigenvalue weighted by Crippen LogP contribution is 2.14. The largest absolute Gasteiger partial charge is 0.353 e. The number of piperazine rings is 1. The molecule has 2 unspecified atom stereocenters. The zero-order valence-corrected chi connectivity index (χ0v) is 9.47. The van der Waals surface area contributed by atoms with Gasteiger partial charge in [0.15, 0.2) is 0 Å². The van der Waals surface area contributed by atoms with Crippen molar-refractivity contribution in [2.75, 3.05) is 24.7 Å². The van der Waals surface area contributed by atoms with E-state index in [9.17, 15) is 9.59 Å². The monoisotopic (exact) mass is 229 g/mol. The van der Waals surface area contributed by atoms with Gasteiger partial charge in [0.25, 0.3) is 0 Å². The minimum atomic E-state index is -0.335. The van der Waals surface area contributed by atoms with Gasteiger partial charge in [-0.15, -0.1) is 11.8 Å². The Bertz CT molecular complexity index is 279. The highest BCUT2D eigenvalue weighted by atomic mass is 32.2. The molecule has 0 spiro atoms. The molecule has 0 aromatic carbocycles. The number of rotatable bonds is 1. The molecular formula is C9H15N3O2S.